The summed E-state index contributed by atoms with van der Waals surface area (Å²) in [6.07, 6.45) is 0. The average Bonchev–Trinajstić information content (AvgIpc) is 1.82. The van der Waals surface area contributed by atoms with Crippen molar-refractivity contribution in [2.45, 2.75) is 6.92 Å². The van der Waals surface area contributed by atoms with E-state index in [0.717, 1.165) is 6.07 Å². The molecule has 0 unspecified atom stereocenters. The minimum Gasteiger partial charge on any atom is -0.225 e. The maximum atomic E-state index is 12.4. The van der Waals surface area contributed by atoms with E-state index in [9.17, 15) is 4.39 Å². The first-order valence-electron chi connectivity index (χ1n) is 2.79. The average molecular weight is 135 g/mol. The van der Waals surface area contributed by atoms with Gasteiger partial charge in [0.05, 0.1) is 0 Å². The third-order valence-electron chi connectivity index (χ3n) is 1.25. The number of hydrogen-bond acceptors (Lipinski definition) is 1. The first kappa shape index (κ1) is 7.19. The van der Waals surface area contributed by atoms with Crippen LogP contribution in [0.2, 0.25) is 0 Å². The third-order valence-corrected chi connectivity index (χ3v) is 1.25. The van der Waals surface area contributed by atoms with Gasteiger partial charge in [-0.1, -0.05) is 0 Å². The van der Waals surface area contributed by atoms with Crippen LogP contribution in [0.1, 0.15) is 16.8 Å². The van der Waals surface area contributed by atoms with Gasteiger partial charge in [0.1, 0.15) is 0 Å². The van der Waals surface area contributed by atoms with Crippen LogP contribution >= 0.6 is 0 Å². The molecule has 1 nitrogen and oxygen atoms in total. The van der Waals surface area contributed by atoms with Gasteiger partial charge in [-0.3, -0.25) is 0 Å². The lowest BCUT2D eigenvalue weighted by atomic mass is 10.1. The number of pyridine rings is 1. The summed E-state index contributed by atoms with van der Waals surface area (Å²) < 4.78 is 12.4. The van der Waals surface area contributed by atoms with Crippen molar-refractivity contribution in [3.8, 4) is 0 Å². The molecule has 4 radical (unpaired) electrons. The van der Waals surface area contributed by atoms with E-state index in [-0.39, 0.29) is 5.56 Å². The Morgan fingerprint density at radius 3 is 2.60 bits per heavy atom. The van der Waals surface area contributed by atoms with Gasteiger partial charge in [-0.25, -0.2) is 4.98 Å². The molecule has 0 aliphatic carbocycles. The van der Waals surface area contributed by atoms with Gasteiger partial charge in [-0.05, 0) is 31.0 Å². The van der Waals surface area contributed by atoms with Gasteiger partial charge in [0, 0.05) is 12.6 Å². The van der Waals surface area contributed by atoms with Crippen molar-refractivity contribution in [1.29, 1.82) is 0 Å². The standard InChI is InChI=1S/C8H6FN/c1-5-4-8(9)10-7(3)6(5)2/h1-2,4H,3H3. The molecule has 0 fully saturated rings. The van der Waals surface area contributed by atoms with Gasteiger partial charge in [0.2, 0.25) is 5.95 Å². The van der Waals surface area contributed by atoms with E-state index < -0.39 is 5.95 Å². The van der Waals surface area contributed by atoms with Crippen LogP contribution in [-0.2, 0) is 0 Å². The molecular weight excluding hydrogens is 129 g/mol. The number of aryl methyl sites for hydroxylation is 1. The van der Waals surface area contributed by atoms with Crippen molar-refractivity contribution in [3.63, 3.8) is 0 Å². The highest BCUT2D eigenvalue weighted by Gasteiger charge is 2.00. The Kier molecular flexibility index (Phi) is 1.70. The van der Waals surface area contributed by atoms with E-state index in [2.05, 4.69) is 4.98 Å². The van der Waals surface area contributed by atoms with Crippen molar-refractivity contribution in [1.82, 2.24) is 4.98 Å². The Hall–Kier alpha value is -0.920. The van der Waals surface area contributed by atoms with Crippen molar-refractivity contribution in [2.75, 3.05) is 0 Å². The van der Waals surface area contributed by atoms with E-state index in [1.54, 1.807) is 6.92 Å². The zero-order valence-electron chi connectivity index (χ0n) is 5.56. The molecule has 0 bridgehead atoms. The second kappa shape index (κ2) is 2.37. The molecule has 0 N–H and O–H groups in total. The predicted octanol–water partition coefficient (Wildman–Crippen LogP) is 1.65. The zero-order chi connectivity index (χ0) is 7.72. The second-order valence-corrected chi connectivity index (χ2v) is 2.03. The fourth-order valence-electron chi connectivity index (χ4n) is 0.668. The van der Waals surface area contributed by atoms with Crippen LogP contribution in [0.15, 0.2) is 6.07 Å². The maximum absolute atomic E-state index is 12.4. The molecular formula is C8H6FN. The topological polar surface area (TPSA) is 12.9 Å². The molecule has 2 heteroatoms. The largest absolute Gasteiger partial charge is 0.225 e. The highest BCUT2D eigenvalue weighted by Crippen LogP contribution is 2.09. The third kappa shape index (κ3) is 1.15. The van der Waals surface area contributed by atoms with Gasteiger partial charge in [-0.15, -0.1) is 0 Å². The summed E-state index contributed by atoms with van der Waals surface area (Å²) in [6, 6.07) is 1.10. The van der Waals surface area contributed by atoms with Gasteiger partial charge < -0.3 is 0 Å². The lowest BCUT2D eigenvalue weighted by Gasteiger charge is -2.00. The molecule has 1 rings (SSSR count). The molecule has 0 aromatic carbocycles. The van der Waals surface area contributed by atoms with Crippen molar-refractivity contribution in [3.05, 3.63) is 42.7 Å². The van der Waals surface area contributed by atoms with Crippen LogP contribution in [0.3, 0.4) is 0 Å². The molecule has 0 spiro atoms. The van der Waals surface area contributed by atoms with E-state index in [0.29, 0.717) is 11.3 Å². The van der Waals surface area contributed by atoms with Crippen molar-refractivity contribution >= 4 is 0 Å². The molecule has 0 amide bonds. The van der Waals surface area contributed by atoms with Gasteiger partial charge in [-0.2, -0.15) is 4.39 Å². The molecule has 1 aromatic rings. The van der Waals surface area contributed by atoms with E-state index in [1.165, 1.54) is 0 Å². The number of rotatable bonds is 0. The lowest BCUT2D eigenvalue weighted by molar-refractivity contribution is 0.578. The summed E-state index contributed by atoms with van der Waals surface area (Å²) in [5, 5.41) is 0. The van der Waals surface area contributed by atoms with Gasteiger partial charge in [0.15, 0.2) is 0 Å². The highest BCUT2D eigenvalue weighted by atomic mass is 19.1. The fourth-order valence-corrected chi connectivity index (χ4v) is 0.668. The molecule has 0 aliphatic rings. The Balaban J connectivity index is 3.31. The molecule has 10 heavy (non-hydrogen) atoms. The number of aromatic nitrogens is 1. The molecule has 0 aliphatic heterocycles. The molecule has 0 saturated carbocycles. The Labute approximate surface area is 59.9 Å². The Morgan fingerprint density at radius 2 is 2.10 bits per heavy atom. The van der Waals surface area contributed by atoms with Crippen LogP contribution in [0.5, 0.6) is 0 Å². The summed E-state index contributed by atoms with van der Waals surface area (Å²) in [5.74, 6) is -0.593. The number of halogens is 1. The molecule has 1 heterocycles. The van der Waals surface area contributed by atoms with Gasteiger partial charge >= 0.3 is 0 Å². The van der Waals surface area contributed by atoms with Crippen LogP contribution in [0.4, 0.5) is 4.39 Å². The molecule has 0 saturated heterocycles. The van der Waals surface area contributed by atoms with E-state index >= 15 is 0 Å². The minimum atomic E-state index is -0.593. The van der Waals surface area contributed by atoms with Crippen molar-refractivity contribution < 1.29 is 4.39 Å². The van der Waals surface area contributed by atoms with E-state index in [4.69, 9.17) is 13.8 Å². The van der Waals surface area contributed by atoms with Crippen LogP contribution in [0.25, 0.3) is 0 Å². The Bertz CT molecular complexity index is 232. The fraction of sp³-hybridized carbons (Fsp3) is 0.125. The second-order valence-electron chi connectivity index (χ2n) is 2.03. The van der Waals surface area contributed by atoms with Crippen molar-refractivity contribution in [2.24, 2.45) is 0 Å². The first-order chi connectivity index (χ1) is 4.61. The van der Waals surface area contributed by atoms with Crippen LogP contribution in [0, 0.1) is 26.7 Å². The zero-order valence-corrected chi connectivity index (χ0v) is 5.56. The van der Waals surface area contributed by atoms with Gasteiger partial charge in [0.25, 0.3) is 0 Å². The monoisotopic (exact) mass is 135 g/mol. The quantitative estimate of drug-likeness (QED) is 0.493. The number of hydrogen-bond donors (Lipinski definition) is 0. The number of nitrogens with zero attached hydrogens (tertiary/aromatic N) is 1. The molecule has 1 aromatic heterocycles. The van der Waals surface area contributed by atoms with Crippen LogP contribution < -0.4 is 0 Å². The Morgan fingerprint density at radius 1 is 1.50 bits per heavy atom. The van der Waals surface area contributed by atoms with E-state index in [1.807, 2.05) is 0 Å². The van der Waals surface area contributed by atoms with Crippen LogP contribution in [-0.4, -0.2) is 4.98 Å². The maximum Gasteiger partial charge on any atom is 0.213 e. The smallest absolute Gasteiger partial charge is 0.213 e. The summed E-state index contributed by atoms with van der Waals surface area (Å²) in [6.45, 7) is 12.3. The molecule has 0 atom stereocenters. The summed E-state index contributed by atoms with van der Waals surface area (Å²) in [4.78, 5) is 3.46. The first-order valence-corrected chi connectivity index (χ1v) is 2.79. The molecule has 50 valence electrons. The summed E-state index contributed by atoms with van der Waals surface area (Å²) in [7, 11) is 0. The summed E-state index contributed by atoms with van der Waals surface area (Å²) in [5.41, 5.74) is 1.02. The highest BCUT2D eigenvalue weighted by molar-refractivity contribution is 5.33. The normalized spacial score (nSPS) is 10.0. The lowest BCUT2D eigenvalue weighted by Crippen LogP contribution is -1.93. The SMILES string of the molecule is [CH]c1cc(F)nc(C)c1[CH]. The minimum absolute atomic E-state index is 0.241. The predicted molar refractivity (Wildman–Crippen MR) is 35.7 cm³/mol. The summed E-state index contributed by atoms with van der Waals surface area (Å²) >= 11 is 0.